The molecule has 25 heavy (non-hydrogen) atoms. The smallest absolute Gasteiger partial charge is 0.291 e. The van der Waals surface area contributed by atoms with Crippen LogP contribution in [0.5, 0.6) is 0 Å². The molecule has 0 aliphatic carbocycles. The number of rotatable bonds is 4. The third-order valence-corrected chi connectivity index (χ3v) is 4.66. The van der Waals surface area contributed by atoms with Crippen LogP contribution in [0, 0.1) is 0 Å². The molecule has 0 bridgehead atoms. The van der Waals surface area contributed by atoms with Crippen molar-refractivity contribution in [3.05, 3.63) is 79.9 Å². The lowest BCUT2D eigenvalue weighted by molar-refractivity contribution is 0.806. The van der Waals surface area contributed by atoms with E-state index in [0.29, 0.717) is 17.3 Å². The van der Waals surface area contributed by atoms with E-state index >= 15 is 0 Å². The van der Waals surface area contributed by atoms with Crippen molar-refractivity contribution in [3.8, 4) is 5.69 Å². The summed E-state index contributed by atoms with van der Waals surface area (Å²) >= 11 is 18.1. The highest BCUT2D eigenvalue weighted by Gasteiger charge is 2.12. The maximum absolute atomic E-state index is 12.2. The Morgan fingerprint density at radius 3 is 2.60 bits per heavy atom. The fraction of sp³-hybridized carbons (Fsp3) is 0.118. The van der Waals surface area contributed by atoms with E-state index in [4.69, 9.17) is 34.8 Å². The van der Waals surface area contributed by atoms with E-state index in [0.717, 1.165) is 15.9 Å². The van der Waals surface area contributed by atoms with Crippen LogP contribution in [-0.2, 0) is 6.54 Å². The molecule has 1 aromatic carbocycles. The van der Waals surface area contributed by atoms with Crippen LogP contribution < -0.4 is 10.5 Å². The third kappa shape index (κ3) is 3.79. The van der Waals surface area contributed by atoms with Crippen LogP contribution >= 0.6 is 34.8 Å². The number of anilines is 1. The Hall–Kier alpha value is -2.08. The quantitative estimate of drug-likeness (QED) is 0.663. The number of aromatic nitrogens is 3. The largest absolute Gasteiger partial charge is 0.369 e. The maximum Gasteiger partial charge on any atom is 0.291 e. The van der Waals surface area contributed by atoms with Crippen LogP contribution in [0.3, 0.4) is 0 Å². The van der Waals surface area contributed by atoms with Crippen LogP contribution in [0.1, 0.15) is 5.56 Å². The lowest BCUT2D eigenvalue weighted by Crippen LogP contribution is -2.22. The molecule has 8 heteroatoms. The second-order valence-electron chi connectivity index (χ2n) is 5.38. The SMILES string of the molecule is CN(Cc1cccnc1)c1ccc(-n2ncc(Cl)c(Cl)c2=O)cc1Cl. The first kappa shape index (κ1) is 17.7. The molecule has 128 valence electrons. The van der Waals surface area contributed by atoms with Crippen molar-refractivity contribution < 1.29 is 0 Å². The third-order valence-electron chi connectivity index (χ3n) is 3.61. The van der Waals surface area contributed by atoms with Gasteiger partial charge in [0.1, 0.15) is 5.02 Å². The van der Waals surface area contributed by atoms with Crippen LogP contribution in [-0.4, -0.2) is 21.8 Å². The molecule has 3 rings (SSSR count). The van der Waals surface area contributed by atoms with Gasteiger partial charge in [-0.2, -0.15) is 9.78 Å². The van der Waals surface area contributed by atoms with Crippen molar-refractivity contribution in [1.29, 1.82) is 0 Å². The number of halogens is 3. The molecule has 0 atom stereocenters. The summed E-state index contributed by atoms with van der Waals surface area (Å²) in [5.41, 5.74) is 1.89. The van der Waals surface area contributed by atoms with Crippen molar-refractivity contribution >= 4 is 40.5 Å². The van der Waals surface area contributed by atoms with Crippen LogP contribution in [0.2, 0.25) is 15.1 Å². The second kappa shape index (κ2) is 7.44. The molecular weight excluding hydrogens is 383 g/mol. The van der Waals surface area contributed by atoms with Crippen LogP contribution in [0.15, 0.2) is 53.7 Å². The summed E-state index contributed by atoms with van der Waals surface area (Å²) in [6, 6.07) is 9.11. The van der Waals surface area contributed by atoms with E-state index in [1.165, 1.54) is 6.20 Å². The summed E-state index contributed by atoms with van der Waals surface area (Å²) in [4.78, 5) is 18.3. The number of hydrogen-bond acceptors (Lipinski definition) is 4. The highest BCUT2D eigenvalue weighted by atomic mass is 35.5. The average molecular weight is 396 g/mol. The fourth-order valence-electron chi connectivity index (χ4n) is 2.38. The first-order valence-corrected chi connectivity index (χ1v) is 8.44. The molecule has 3 aromatic rings. The fourth-order valence-corrected chi connectivity index (χ4v) is 2.96. The first-order chi connectivity index (χ1) is 12.0. The van der Waals surface area contributed by atoms with Crippen molar-refractivity contribution in [1.82, 2.24) is 14.8 Å². The predicted molar refractivity (Wildman–Crippen MR) is 101 cm³/mol. The topological polar surface area (TPSA) is 51.0 Å². The highest BCUT2D eigenvalue weighted by molar-refractivity contribution is 6.41. The Bertz CT molecular complexity index is 960. The van der Waals surface area contributed by atoms with Crippen molar-refractivity contribution in [2.45, 2.75) is 6.54 Å². The van der Waals surface area contributed by atoms with E-state index < -0.39 is 5.56 Å². The molecular formula is C17H13Cl3N4O. The Labute approximate surface area is 159 Å². The molecule has 0 aliphatic rings. The summed E-state index contributed by atoms with van der Waals surface area (Å²) in [6.07, 6.45) is 4.85. The molecule has 0 spiro atoms. The molecule has 0 saturated carbocycles. The second-order valence-corrected chi connectivity index (χ2v) is 6.57. The number of nitrogens with zero attached hydrogens (tertiary/aromatic N) is 4. The van der Waals surface area contributed by atoms with Gasteiger partial charge in [0.25, 0.3) is 5.56 Å². The summed E-state index contributed by atoms with van der Waals surface area (Å²) < 4.78 is 1.16. The zero-order valence-electron chi connectivity index (χ0n) is 13.2. The molecule has 2 aromatic heterocycles. The monoisotopic (exact) mass is 394 g/mol. The van der Waals surface area contributed by atoms with Gasteiger partial charge in [-0.1, -0.05) is 40.9 Å². The lowest BCUT2D eigenvalue weighted by atomic mass is 10.2. The van der Waals surface area contributed by atoms with E-state index in [2.05, 4.69) is 10.1 Å². The van der Waals surface area contributed by atoms with Gasteiger partial charge in [-0.05, 0) is 29.8 Å². The minimum atomic E-state index is -0.498. The van der Waals surface area contributed by atoms with Gasteiger partial charge in [-0.25, -0.2) is 0 Å². The Balaban J connectivity index is 1.91. The Morgan fingerprint density at radius 2 is 1.92 bits per heavy atom. The molecule has 2 heterocycles. The van der Waals surface area contributed by atoms with Crippen LogP contribution in [0.25, 0.3) is 5.69 Å². The molecule has 0 saturated heterocycles. The van der Waals surface area contributed by atoms with Gasteiger partial charge < -0.3 is 4.90 Å². The predicted octanol–water partition coefficient (Wildman–Crippen LogP) is 4.22. The van der Waals surface area contributed by atoms with E-state index in [1.54, 1.807) is 24.5 Å². The van der Waals surface area contributed by atoms with E-state index in [9.17, 15) is 4.79 Å². The zero-order valence-corrected chi connectivity index (χ0v) is 15.4. The van der Waals surface area contributed by atoms with Gasteiger partial charge in [0.15, 0.2) is 0 Å². The standard InChI is InChI=1S/C17H13Cl3N4O/c1-23(10-11-3-2-6-21-8-11)15-5-4-12(7-13(15)18)24-17(25)16(20)14(19)9-22-24/h2-9H,10H2,1H3. The van der Waals surface area contributed by atoms with Gasteiger partial charge in [0.05, 0.1) is 27.6 Å². The van der Waals surface area contributed by atoms with Gasteiger partial charge in [-0.3, -0.25) is 9.78 Å². The number of pyridine rings is 1. The summed E-state index contributed by atoms with van der Waals surface area (Å²) in [5, 5.41) is 4.52. The van der Waals surface area contributed by atoms with Crippen LogP contribution in [0.4, 0.5) is 5.69 Å². The first-order valence-electron chi connectivity index (χ1n) is 7.30. The van der Waals surface area contributed by atoms with Crippen molar-refractivity contribution in [2.24, 2.45) is 0 Å². The summed E-state index contributed by atoms with van der Waals surface area (Å²) in [7, 11) is 1.93. The van der Waals surface area contributed by atoms with Gasteiger partial charge in [0.2, 0.25) is 0 Å². The molecule has 0 unspecified atom stereocenters. The minimum Gasteiger partial charge on any atom is -0.369 e. The minimum absolute atomic E-state index is 0.0782. The summed E-state index contributed by atoms with van der Waals surface area (Å²) in [5.74, 6) is 0. The van der Waals surface area contributed by atoms with E-state index in [-0.39, 0.29) is 10.0 Å². The molecule has 0 N–H and O–H groups in total. The normalized spacial score (nSPS) is 10.7. The number of hydrogen-bond donors (Lipinski definition) is 0. The lowest BCUT2D eigenvalue weighted by Gasteiger charge is -2.21. The summed E-state index contributed by atoms with van der Waals surface area (Å²) in [6.45, 7) is 0.651. The van der Waals surface area contributed by atoms with Gasteiger partial charge in [-0.15, -0.1) is 0 Å². The van der Waals surface area contributed by atoms with E-state index in [1.807, 2.05) is 30.1 Å². The Morgan fingerprint density at radius 1 is 1.12 bits per heavy atom. The highest BCUT2D eigenvalue weighted by Crippen LogP contribution is 2.28. The molecule has 0 amide bonds. The zero-order chi connectivity index (χ0) is 18.0. The molecule has 5 nitrogen and oxygen atoms in total. The molecule has 0 fully saturated rings. The maximum atomic E-state index is 12.2. The molecule has 0 radical (unpaired) electrons. The average Bonchev–Trinajstić information content (AvgIpc) is 2.60. The van der Waals surface area contributed by atoms with Crippen molar-refractivity contribution in [2.75, 3.05) is 11.9 Å². The van der Waals surface area contributed by atoms with Crippen molar-refractivity contribution in [3.63, 3.8) is 0 Å². The molecule has 0 aliphatic heterocycles. The Kier molecular flexibility index (Phi) is 5.27. The van der Waals surface area contributed by atoms with Gasteiger partial charge >= 0.3 is 0 Å². The van der Waals surface area contributed by atoms with Gasteiger partial charge in [0, 0.05) is 26.0 Å². The number of benzene rings is 1.